The minimum absolute atomic E-state index is 0.360. The molecule has 0 aromatic carbocycles. The first-order chi connectivity index (χ1) is 10.3. The lowest BCUT2D eigenvalue weighted by Gasteiger charge is -2.53. The average Bonchev–Trinajstić information content (AvgIpc) is 2.48. The first-order valence-corrected chi connectivity index (χ1v) is 9.47. The van der Waals surface area contributed by atoms with Crippen LogP contribution in [-0.4, -0.2) is 65.7 Å². The van der Waals surface area contributed by atoms with E-state index in [9.17, 15) is 0 Å². The summed E-state index contributed by atoms with van der Waals surface area (Å²) in [6.07, 6.45) is 6.70. The number of nitrogens with zero attached hydrogens (tertiary/aromatic N) is 3. The molecule has 1 unspecified atom stereocenters. The van der Waals surface area contributed by atoms with Gasteiger partial charge in [-0.2, -0.15) is 0 Å². The van der Waals surface area contributed by atoms with E-state index in [-0.39, 0.29) is 0 Å². The Bertz CT molecular complexity index is 312. The van der Waals surface area contributed by atoms with E-state index >= 15 is 0 Å². The minimum atomic E-state index is 0.360. The zero-order valence-corrected chi connectivity index (χ0v) is 16.4. The molecule has 0 bridgehead atoms. The van der Waals surface area contributed by atoms with Crippen LogP contribution in [0.25, 0.3) is 0 Å². The van der Waals surface area contributed by atoms with Crippen molar-refractivity contribution in [2.45, 2.75) is 84.7 Å². The van der Waals surface area contributed by atoms with Crippen molar-refractivity contribution in [1.82, 2.24) is 14.7 Å². The highest BCUT2D eigenvalue weighted by Gasteiger charge is 2.40. The molecule has 1 saturated heterocycles. The topological polar surface area (TPSA) is 9.72 Å². The van der Waals surface area contributed by atoms with Gasteiger partial charge in [0.1, 0.15) is 0 Å². The molecule has 0 N–H and O–H groups in total. The van der Waals surface area contributed by atoms with E-state index in [0.29, 0.717) is 11.1 Å². The molecule has 132 valence electrons. The zero-order valence-electron chi connectivity index (χ0n) is 16.4. The SMILES string of the molecule is CCN(CC)CN(CC)CCCC1(C)CCCC(C)(C)N1C. The quantitative estimate of drug-likeness (QED) is 0.595. The summed E-state index contributed by atoms with van der Waals surface area (Å²) in [6, 6.07) is 0. The Morgan fingerprint density at radius 3 is 2.05 bits per heavy atom. The number of hydrogen-bond donors (Lipinski definition) is 0. The maximum atomic E-state index is 2.66. The second-order valence-corrected chi connectivity index (χ2v) is 7.98. The van der Waals surface area contributed by atoms with E-state index in [4.69, 9.17) is 0 Å². The predicted molar refractivity (Wildman–Crippen MR) is 98.4 cm³/mol. The van der Waals surface area contributed by atoms with Crippen molar-refractivity contribution in [2.24, 2.45) is 0 Å². The van der Waals surface area contributed by atoms with Crippen LogP contribution in [0.4, 0.5) is 0 Å². The van der Waals surface area contributed by atoms with Gasteiger partial charge in [0.05, 0.1) is 6.67 Å². The summed E-state index contributed by atoms with van der Waals surface area (Å²) in [4.78, 5) is 7.77. The molecule has 3 heteroatoms. The predicted octanol–water partition coefficient (Wildman–Crippen LogP) is 4.04. The molecule has 1 rings (SSSR count). The highest BCUT2D eigenvalue weighted by atomic mass is 15.3. The van der Waals surface area contributed by atoms with Crippen LogP contribution >= 0.6 is 0 Å². The summed E-state index contributed by atoms with van der Waals surface area (Å²) in [5.74, 6) is 0. The van der Waals surface area contributed by atoms with Gasteiger partial charge in [-0.15, -0.1) is 0 Å². The molecular weight excluding hydrogens is 270 g/mol. The summed E-state index contributed by atoms with van der Waals surface area (Å²) in [6.45, 7) is 19.9. The molecule has 0 aromatic rings. The standard InChI is InChI=1S/C19H41N3/c1-8-21(9-2)17-22(10-3)16-12-15-19(6)14-11-13-18(4,5)20(19)7/h8-17H2,1-7H3. The van der Waals surface area contributed by atoms with Gasteiger partial charge >= 0.3 is 0 Å². The number of hydrogen-bond acceptors (Lipinski definition) is 3. The van der Waals surface area contributed by atoms with E-state index in [1.165, 1.54) is 38.6 Å². The van der Waals surface area contributed by atoms with E-state index < -0.39 is 0 Å². The van der Waals surface area contributed by atoms with Crippen LogP contribution in [0.2, 0.25) is 0 Å². The van der Waals surface area contributed by atoms with Gasteiger partial charge in [0.25, 0.3) is 0 Å². The van der Waals surface area contributed by atoms with Crippen LogP contribution in [0, 0.1) is 0 Å². The first-order valence-electron chi connectivity index (χ1n) is 9.47. The molecule has 0 aliphatic carbocycles. The lowest BCUT2D eigenvalue weighted by molar-refractivity contribution is -0.0212. The van der Waals surface area contributed by atoms with Gasteiger partial charge in [-0.3, -0.25) is 14.7 Å². The van der Waals surface area contributed by atoms with Crippen molar-refractivity contribution >= 4 is 0 Å². The van der Waals surface area contributed by atoms with Crippen LogP contribution in [0.3, 0.4) is 0 Å². The minimum Gasteiger partial charge on any atom is -0.296 e. The Balaban J connectivity index is 2.47. The van der Waals surface area contributed by atoms with Crippen molar-refractivity contribution in [3.8, 4) is 0 Å². The van der Waals surface area contributed by atoms with Crippen LogP contribution in [-0.2, 0) is 0 Å². The fourth-order valence-corrected chi connectivity index (χ4v) is 3.98. The molecule has 3 nitrogen and oxygen atoms in total. The van der Waals surface area contributed by atoms with Gasteiger partial charge in [0.15, 0.2) is 0 Å². The maximum Gasteiger partial charge on any atom is 0.0505 e. The molecule has 0 spiro atoms. The van der Waals surface area contributed by atoms with E-state index in [0.717, 1.165) is 26.3 Å². The summed E-state index contributed by atoms with van der Waals surface area (Å²) in [5.41, 5.74) is 0.745. The third-order valence-corrected chi connectivity index (χ3v) is 6.15. The van der Waals surface area contributed by atoms with Crippen molar-refractivity contribution in [3.05, 3.63) is 0 Å². The van der Waals surface area contributed by atoms with Gasteiger partial charge in [-0.05, 0) is 86.1 Å². The second-order valence-electron chi connectivity index (χ2n) is 7.98. The van der Waals surface area contributed by atoms with Crippen molar-refractivity contribution in [3.63, 3.8) is 0 Å². The van der Waals surface area contributed by atoms with Crippen LogP contribution in [0.5, 0.6) is 0 Å². The average molecular weight is 312 g/mol. The fourth-order valence-electron chi connectivity index (χ4n) is 3.98. The second kappa shape index (κ2) is 8.65. The summed E-state index contributed by atoms with van der Waals surface area (Å²) >= 11 is 0. The Hall–Kier alpha value is -0.120. The summed E-state index contributed by atoms with van der Waals surface area (Å²) in [5, 5.41) is 0. The molecule has 0 amide bonds. The normalized spacial score (nSPS) is 26.0. The van der Waals surface area contributed by atoms with E-state index in [2.05, 4.69) is 63.3 Å². The zero-order chi connectivity index (χ0) is 16.8. The highest BCUT2D eigenvalue weighted by molar-refractivity contribution is 4.97. The summed E-state index contributed by atoms with van der Waals surface area (Å²) < 4.78 is 0. The molecule has 1 aliphatic rings. The van der Waals surface area contributed by atoms with Gasteiger partial charge in [-0.1, -0.05) is 20.8 Å². The first kappa shape index (κ1) is 19.9. The Morgan fingerprint density at radius 1 is 0.909 bits per heavy atom. The molecular formula is C19H41N3. The summed E-state index contributed by atoms with van der Waals surface area (Å²) in [7, 11) is 2.34. The molecule has 0 radical (unpaired) electrons. The van der Waals surface area contributed by atoms with E-state index in [1.54, 1.807) is 0 Å². The van der Waals surface area contributed by atoms with Gasteiger partial charge in [-0.25, -0.2) is 0 Å². The molecule has 1 atom stereocenters. The third-order valence-electron chi connectivity index (χ3n) is 6.15. The van der Waals surface area contributed by atoms with Gasteiger partial charge in [0.2, 0.25) is 0 Å². The third kappa shape index (κ3) is 5.21. The van der Waals surface area contributed by atoms with Crippen LogP contribution in [0.1, 0.15) is 73.6 Å². The van der Waals surface area contributed by atoms with Crippen molar-refractivity contribution in [2.75, 3.05) is 39.9 Å². The monoisotopic (exact) mass is 311 g/mol. The fraction of sp³-hybridized carbons (Fsp3) is 1.00. The largest absolute Gasteiger partial charge is 0.296 e. The van der Waals surface area contributed by atoms with Crippen molar-refractivity contribution in [1.29, 1.82) is 0 Å². The smallest absolute Gasteiger partial charge is 0.0505 e. The highest BCUT2D eigenvalue weighted by Crippen LogP contribution is 2.39. The molecule has 1 heterocycles. The molecule has 1 fully saturated rings. The number of piperidine rings is 1. The maximum absolute atomic E-state index is 2.66. The Kier molecular flexibility index (Phi) is 7.84. The Morgan fingerprint density at radius 2 is 1.50 bits per heavy atom. The van der Waals surface area contributed by atoms with Crippen LogP contribution < -0.4 is 0 Å². The lowest BCUT2D eigenvalue weighted by Crippen LogP contribution is -2.57. The van der Waals surface area contributed by atoms with E-state index in [1.807, 2.05) is 0 Å². The van der Waals surface area contributed by atoms with Gasteiger partial charge in [0, 0.05) is 11.1 Å². The molecule has 22 heavy (non-hydrogen) atoms. The molecule has 0 saturated carbocycles. The lowest BCUT2D eigenvalue weighted by atomic mass is 9.77. The number of likely N-dealkylation sites (tertiary alicyclic amines) is 1. The molecule has 0 aromatic heterocycles. The van der Waals surface area contributed by atoms with Gasteiger partial charge < -0.3 is 0 Å². The Labute approximate surface area is 140 Å². The van der Waals surface area contributed by atoms with Crippen molar-refractivity contribution < 1.29 is 0 Å². The molecule has 1 aliphatic heterocycles. The van der Waals surface area contributed by atoms with Crippen LogP contribution in [0.15, 0.2) is 0 Å². The number of rotatable bonds is 9.